The van der Waals surface area contributed by atoms with Gasteiger partial charge in [-0.05, 0) is 42.9 Å². The minimum atomic E-state index is -0.657. The molecular formula is C22H22FN3O3S. The van der Waals surface area contributed by atoms with Gasteiger partial charge in [0.2, 0.25) is 11.8 Å². The van der Waals surface area contributed by atoms with Crippen LogP contribution in [0.15, 0.2) is 42.5 Å². The van der Waals surface area contributed by atoms with E-state index in [0.29, 0.717) is 47.5 Å². The topological polar surface area (TPSA) is 78.5 Å². The molecule has 0 aliphatic carbocycles. The molecule has 0 spiro atoms. The van der Waals surface area contributed by atoms with Gasteiger partial charge in [-0.15, -0.1) is 0 Å². The molecule has 0 aromatic heterocycles. The lowest BCUT2D eigenvalue weighted by atomic mass is 9.95. The van der Waals surface area contributed by atoms with Crippen LogP contribution in [-0.4, -0.2) is 53.3 Å². The third-order valence-electron chi connectivity index (χ3n) is 5.50. The van der Waals surface area contributed by atoms with Crippen LogP contribution in [0.25, 0.3) is 11.1 Å². The highest BCUT2D eigenvalue weighted by molar-refractivity contribution is 7.99. The van der Waals surface area contributed by atoms with E-state index in [0.717, 1.165) is 0 Å². The molecule has 8 heteroatoms. The molecule has 2 aliphatic heterocycles. The third kappa shape index (κ3) is 3.92. The van der Waals surface area contributed by atoms with Crippen molar-refractivity contribution in [1.82, 2.24) is 10.2 Å². The first-order valence-corrected chi connectivity index (χ1v) is 11.2. The van der Waals surface area contributed by atoms with Gasteiger partial charge in [0.1, 0.15) is 11.9 Å². The number of amides is 3. The van der Waals surface area contributed by atoms with Crippen molar-refractivity contribution < 1.29 is 18.8 Å². The largest absolute Gasteiger partial charge is 0.352 e. The molecule has 2 aromatic rings. The van der Waals surface area contributed by atoms with Gasteiger partial charge in [0.25, 0.3) is 5.91 Å². The number of benzene rings is 2. The van der Waals surface area contributed by atoms with Crippen molar-refractivity contribution in [3.05, 3.63) is 53.8 Å². The van der Waals surface area contributed by atoms with Gasteiger partial charge < -0.3 is 15.5 Å². The first-order valence-electron chi connectivity index (χ1n) is 9.77. The fourth-order valence-electron chi connectivity index (χ4n) is 4.05. The molecule has 0 unspecified atom stereocenters. The van der Waals surface area contributed by atoms with Gasteiger partial charge in [-0.1, -0.05) is 24.3 Å². The number of carbonyl (C=O) groups excluding carboxylic acids is 3. The normalized spacial score (nSPS) is 20.7. The average molecular weight is 428 g/mol. The van der Waals surface area contributed by atoms with Crippen LogP contribution in [0.2, 0.25) is 0 Å². The lowest BCUT2D eigenvalue weighted by Crippen LogP contribution is -2.55. The van der Waals surface area contributed by atoms with Crippen LogP contribution >= 0.6 is 11.8 Å². The fraction of sp³-hybridized carbons (Fsp3) is 0.318. The van der Waals surface area contributed by atoms with Gasteiger partial charge in [0, 0.05) is 18.2 Å². The van der Waals surface area contributed by atoms with E-state index >= 15 is 0 Å². The standard InChI is InChI=1S/C22H22FN3O3S/c1-30-12-20(27)24-14-8-9-26-19(11-14)21(28)25-18-7-6-13(10-16(18)22(26)29)15-4-2-3-5-17(15)23/h2-7,10,14,19H,8-9,11-12H2,1H3,(H,24,27)(H,25,28)/t14-,19-/m0/s1. The summed E-state index contributed by atoms with van der Waals surface area (Å²) in [6, 6.07) is 10.5. The minimum Gasteiger partial charge on any atom is -0.352 e. The molecular weight excluding hydrogens is 405 g/mol. The number of fused-ring (bicyclic) bond motifs is 2. The van der Waals surface area contributed by atoms with Crippen LogP contribution in [-0.2, 0) is 9.59 Å². The Hall–Kier alpha value is -2.87. The van der Waals surface area contributed by atoms with Gasteiger partial charge in [0.05, 0.1) is 17.0 Å². The van der Waals surface area contributed by atoms with E-state index in [1.165, 1.54) is 17.8 Å². The van der Waals surface area contributed by atoms with E-state index in [1.807, 2.05) is 6.26 Å². The molecule has 2 aromatic carbocycles. The van der Waals surface area contributed by atoms with Crippen molar-refractivity contribution in [3.8, 4) is 11.1 Å². The summed E-state index contributed by atoms with van der Waals surface area (Å²) >= 11 is 1.43. The predicted molar refractivity (Wildman–Crippen MR) is 115 cm³/mol. The van der Waals surface area contributed by atoms with Crippen molar-refractivity contribution in [2.75, 3.05) is 23.9 Å². The number of nitrogens with zero attached hydrogens (tertiary/aromatic N) is 1. The molecule has 0 radical (unpaired) electrons. The van der Waals surface area contributed by atoms with E-state index in [2.05, 4.69) is 10.6 Å². The maximum Gasteiger partial charge on any atom is 0.256 e. The number of piperidine rings is 1. The summed E-state index contributed by atoms with van der Waals surface area (Å²) in [6.07, 6.45) is 2.80. The van der Waals surface area contributed by atoms with Gasteiger partial charge in [-0.2, -0.15) is 11.8 Å². The van der Waals surface area contributed by atoms with Gasteiger partial charge in [-0.3, -0.25) is 14.4 Å². The minimum absolute atomic E-state index is 0.0703. The molecule has 156 valence electrons. The number of rotatable bonds is 4. The Labute approximate surface area is 178 Å². The quantitative estimate of drug-likeness (QED) is 0.787. The predicted octanol–water partition coefficient (Wildman–Crippen LogP) is 2.90. The van der Waals surface area contributed by atoms with E-state index in [4.69, 9.17) is 0 Å². The number of anilines is 1. The molecule has 2 N–H and O–H groups in total. The van der Waals surface area contributed by atoms with Crippen LogP contribution in [0, 0.1) is 5.82 Å². The Bertz CT molecular complexity index is 1010. The molecule has 1 saturated heterocycles. The van der Waals surface area contributed by atoms with Gasteiger partial charge in [0.15, 0.2) is 0 Å². The Morgan fingerprint density at radius 3 is 2.80 bits per heavy atom. The Morgan fingerprint density at radius 2 is 2.03 bits per heavy atom. The Balaban J connectivity index is 1.61. The molecule has 1 fully saturated rings. The summed E-state index contributed by atoms with van der Waals surface area (Å²) in [5.41, 5.74) is 1.74. The lowest BCUT2D eigenvalue weighted by Gasteiger charge is -2.37. The zero-order valence-electron chi connectivity index (χ0n) is 16.5. The fourth-order valence-corrected chi connectivity index (χ4v) is 4.40. The Morgan fingerprint density at radius 1 is 1.23 bits per heavy atom. The van der Waals surface area contributed by atoms with Gasteiger partial charge in [-0.25, -0.2) is 4.39 Å². The highest BCUT2D eigenvalue weighted by Crippen LogP contribution is 2.32. The van der Waals surface area contributed by atoms with Crippen molar-refractivity contribution in [2.24, 2.45) is 0 Å². The summed E-state index contributed by atoms with van der Waals surface area (Å²) < 4.78 is 14.2. The summed E-state index contributed by atoms with van der Waals surface area (Å²) in [5, 5.41) is 5.78. The summed E-state index contributed by atoms with van der Waals surface area (Å²) in [6.45, 7) is 0.366. The molecule has 2 heterocycles. The molecule has 0 bridgehead atoms. The molecule has 30 heavy (non-hydrogen) atoms. The first-order chi connectivity index (χ1) is 14.5. The zero-order valence-corrected chi connectivity index (χ0v) is 17.3. The molecule has 0 saturated carbocycles. The molecule has 4 rings (SSSR count). The summed E-state index contributed by atoms with van der Waals surface area (Å²) in [4.78, 5) is 39.6. The molecule has 6 nitrogen and oxygen atoms in total. The zero-order chi connectivity index (χ0) is 21.3. The second-order valence-corrected chi connectivity index (χ2v) is 8.33. The van der Waals surface area contributed by atoms with Crippen LogP contribution in [0.4, 0.5) is 10.1 Å². The monoisotopic (exact) mass is 427 g/mol. The first kappa shape index (κ1) is 20.4. The summed E-state index contributed by atoms with van der Waals surface area (Å²) in [7, 11) is 0. The molecule has 2 aliphatic rings. The average Bonchev–Trinajstić information content (AvgIpc) is 2.83. The highest BCUT2D eigenvalue weighted by atomic mass is 32.2. The third-order valence-corrected chi connectivity index (χ3v) is 6.05. The number of hydrogen-bond acceptors (Lipinski definition) is 4. The second-order valence-electron chi connectivity index (χ2n) is 7.47. The van der Waals surface area contributed by atoms with Crippen molar-refractivity contribution >= 4 is 35.2 Å². The van der Waals surface area contributed by atoms with Crippen molar-refractivity contribution in [3.63, 3.8) is 0 Å². The van der Waals surface area contributed by atoms with Crippen LogP contribution in [0.3, 0.4) is 0 Å². The summed E-state index contributed by atoms with van der Waals surface area (Å²) in [5.74, 6) is -0.619. The molecule has 2 atom stereocenters. The molecule has 3 amide bonds. The van der Waals surface area contributed by atoms with Crippen LogP contribution in [0.5, 0.6) is 0 Å². The highest BCUT2D eigenvalue weighted by Gasteiger charge is 2.40. The van der Waals surface area contributed by atoms with Crippen LogP contribution < -0.4 is 10.6 Å². The van der Waals surface area contributed by atoms with Crippen molar-refractivity contribution in [1.29, 1.82) is 0 Å². The smallest absolute Gasteiger partial charge is 0.256 e. The number of carbonyl (C=O) groups is 3. The number of thioether (sulfide) groups is 1. The number of halogens is 1. The van der Waals surface area contributed by atoms with E-state index in [-0.39, 0.29) is 29.6 Å². The van der Waals surface area contributed by atoms with Crippen molar-refractivity contribution in [2.45, 2.75) is 24.9 Å². The maximum absolute atomic E-state index is 14.2. The SMILES string of the molecule is CSCC(=O)N[C@H]1CCN2C(=O)c3cc(-c4ccccc4F)ccc3NC(=O)[C@@H]2C1. The van der Waals surface area contributed by atoms with E-state index < -0.39 is 6.04 Å². The van der Waals surface area contributed by atoms with E-state index in [9.17, 15) is 18.8 Å². The lowest BCUT2D eigenvalue weighted by molar-refractivity contribution is -0.123. The number of nitrogens with one attached hydrogen (secondary N) is 2. The van der Waals surface area contributed by atoms with E-state index in [1.54, 1.807) is 41.3 Å². The number of hydrogen-bond donors (Lipinski definition) is 2. The Kier molecular flexibility index (Phi) is 5.76. The van der Waals surface area contributed by atoms with Gasteiger partial charge >= 0.3 is 0 Å². The maximum atomic E-state index is 14.2. The van der Waals surface area contributed by atoms with Crippen LogP contribution in [0.1, 0.15) is 23.2 Å². The second kappa shape index (κ2) is 8.47.